The van der Waals surface area contributed by atoms with Gasteiger partial charge in [-0.3, -0.25) is 9.59 Å². The first-order valence-electron chi connectivity index (χ1n) is 9.70. The van der Waals surface area contributed by atoms with E-state index in [4.69, 9.17) is 0 Å². The highest BCUT2D eigenvalue weighted by Gasteiger charge is 2.45. The van der Waals surface area contributed by atoms with Crippen molar-refractivity contribution in [2.45, 2.75) is 31.7 Å². The zero-order valence-corrected chi connectivity index (χ0v) is 16.8. The van der Waals surface area contributed by atoms with Gasteiger partial charge in [0.1, 0.15) is 5.54 Å². The molecule has 1 saturated heterocycles. The van der Waals surface area contributed by atoms with Gasteiger partial charge < -0.3 is 10.2 Å². The lowest BCUT2D eigenvalue weighted by Gasteiger charge is -2.34. The van der Waals surface area contributed by atoms with Crippen molar-refractivity contribution in [3.63, 3.8) is 0 Å². The van der Waals surface area contributed by atoms with E-state index in [1.54, 1.807) is 28.4 Å². The summed E-state index contributed by atoms with van der Waals surface area (Å²) in [6.07, 6.45) is 2.33. The smallest absolute Gasteiger partial charge is 0.254 e. The van der Waals surface area contributed by atoms with Crippen molar-refractivity contribution in [3.05, 3.63) is 71.1 Å². The Kier molecular flexibility index (Phi) is 5.18. The fourth-order valence-corrected chi connectivity index (χ4v) is 4.99. The van der Waals surface area contributed by atoms with Gasteiger partial charge in [0.2, 0.25) is 5.91 Å². The van der Waals surface area contributed by atoms with Crippen LogP contribution < -0.4 is 5.32 Å². The quantitative estimate of drug-likeness (QED) is 0.705. The molecule has 5 heteroatoms. The van der Waals surface area contributed by atoms with E-state index >= 15 is 0 Å². The Labute approximate surface area is 169 Å². The van der Waals surface area contributed by atoms with E-state index in [-0.39, 0.29) is 11.8 Å². The first-order valence-corrected chi connectivity index (χ1v) is 10.6. The summed E-state index contributed by atoms with van der Waals surface area (Å²) in [5.74, 6) is -0.131. The molecule has 0 aliphatic carbocycles. The molecule has 1 aliphatic rings. The maximum absolute atomic E-state index is 13.0. The molecule has 2 aromatic carbocycles. The maximum atomic E-state index is 13.0. The lowest BCUT2D eigenvalue weighted by atomic mass is 9.96. The summed E-state index contributed by atoms with van der Waals surface area (Å²) in [6, 6.07) is 17.5. The van der Waals surface area contributed by atoms with E-state index in [0.29, 0.717) is 25.1 Å². The van der Waals surface area contributed by atoms with E-state index in [9.17, 15) is 9.59 Å². The van der Waals surface area contributed by atoms with Crippen LogP contribution in [0.5, 0.6) is 0 Å². The maximum Gasteiger partial charge on any atom is 0.254 e. The molecule has 28 heavy (non-hydrogen) atoms. The van der Waals surface area contributed by atoms with E-state index in [0.717, 1.165) is 12.8 Å². The van der Waals surface area contributed by atoms with Crippen LogP contribution in [0.15, 0.2) is 60.0 Å². The molecule has 0 spiro atoms. The van der Waals surface area contributed by atoms with Crippen molar-refractivity contribution in [1.82, 2.24) is 10.2 Å². The molecule has 2 amide bonds. The molecular weight excluding hydrogens is 368 g/mol. The molecule has 1 fully saturated rings. The highest BCUT2D eigenvalue weighted by molar-refractivity contribution is 7.17. The molecule has 3 aromatic rings. The van der Waals surface area contributed by atoms with Crippen LogP contribution in [-0.2, 0) is 11.2 Å². The second-order valence-corrected chi connectivity index (χ2v) is 8.37. The third-order valence-electron chi connectivity index (χ3n) is 5.64. The minimum atomic E-state index is -0.788. The molecule has 2 heterocycles. The molecule has 1 aliphatic heterocycles. The largest absolute Gasteiger partial charge is 0.354 e. The molecule has 0 saturated carbocycles. The van der Waals surface area contributed by atoms with Crippen molar-refractivity contribution in [3.8, 4) is 0 Å². The number of nitrogens with zero attached hydrogens (tertiary/aromatic N) is 1. The highest BCUT2D eigenvalue weighted by atomic mass is 32.1. The summed E-state index contributed by atoms with van der Waals surface area (Å²) in [4.78, 5) is 27.7. The number of nitrogens with one attached hydrogen (secondary N) is 1. The average Bonchev–Trinajstić information content (AvgIpc) is 3.32. The number of rotatable bonds is 5. The van der Waals surface area contributed by atoms with Crippen LogP contribution in [0.3, 0.4) is 0 Å². The Bertz CT molecular complexity index is 998. The van der Waals surface area contributed by atoms with E-state index in [2.05, 4.69) is 22.8 Å². The van der Waals surface area contributed by atoms with Gasteiger partial charge in [-0.2, -0.15) is 0 Å². The molecular formula is C23H24N2O2S. The van der Waals surface area contributed by atoms with Gasteiger partial charge in [0.25, 0.3) is 5.91 Å². The van der Waals surface area contributed by atoms with E-state index in [1.165, 1.54) is 15.6 Å². The average molecular weight is 393 g/mol. The molecule has 144 valence electrons. The molecule has 0 radical (unpaired) electrons. The lowest BCUT2D eigenvalue weighted by Crippen LogP contribution is -2.55. The summed E-state index contributed by atoms with van der Waals surface area (Å²) in [7, 11) is 0. The third kappa shape index (κ3) is 3.42. The number of hydrogen-bond donors (Lipinski definition) is 1. The first kappa shape index (κ1) is 18.7. The number of likely N-dealkylation sites (tertiary alicyclic amines) is 1. The summed E-state index contributed by atoms with van der Waals surface area (Å²) < 4.78 is 1.27. The SMILES string of the molecule is CC1(C(=O)NCCc2csc3ccccc23)CCCN1C(=O)c1ccccc1. The molecule has 4 rings (SSSR count). The molecule has 1 aromatic heterocycles. The predicted octanol–water partition coefficient (Wildman–Crippen LogP) is 4.25. The summed E-state index contributed by atoms with van der Waals surface area (Å²) in [5, 5.41) is 6.50. The van der Waals surface area contributed by atoms with Crippen molar-refractivity contribution >= 4 is 33.2 Å². The Morgan fingerprint density at radius 2 is 1.86 bits per heavy atom. The summed E-state index contributed by atoms with van der Waals surface area (Å²) in [5.41, 5.74) is 1.10. The minimum absolute atomic E-state index is 0.0613. The van der Waals surface area contributed by atoms with Crippen LogP contribution in [-0.4, -0.2) is 35.3 Å². The Morgan fingerprint density at radius 1 is 1.11 bits per heavy atom. The van der Waals surface area contributed by atoms with Gasteiger partial charge in [-0.05, 0) is 60.7 Å². The summed E-state index contributed by atoms with van der Waals surface area (Å²) >= 11 is 1.73. The fourth-order valence-electron chi connectivity index (χ4n) is 3.99. The van der Waals surface area contributed by atoms with Crippen molar-refractivity contribution in [2.75, 3.05) is 13.1 Å². The van der Waals surface area contributed by atoms with Crippen molar-refractivity contribution in [2.24, 2.45) is 0 Å². The zero-order chi connectivity index (χ0) is 19.6. The summed E-state index contributed by atoms with van der Waals surface area (Å²) in [6.45, 7) is 3.07. The molecule has 1 atom stereocenters. The number of hydrogen-bond acceptors (Lipinski definition) is 3. The van der Waals surface area contributed by atoms with Crippen LogP contribution in [0.4, 0.5) is 0 Å². The van der Waals surface area contributed by atoms with E-state index < -0.39 is 5.54 Å². The van der Waals surface area contributed by atoms with Crippen molar-refractivity contribution < 1.29 is 9.59 Å². The van der Waals surface area contributed by atoms with Crippen LogP contribution in [0.2, 0.25) is 0 Å². The Hall–Kier alpha value is -2.66. The van der Waals surface area contributed by atoms with Crippen LogP contribution in [0.1, 0.15) is 35.7 Å². The van der Waals surface area contributed by atoms with Crippen LogP contribution in [0.25, 0.3) is 10.1 Å². The van der Waals surface area contributed by atoms with Gasteiger partial charge >= 0.3 is 0 Å². The van der Waals surface area contributed by atoms with E-state index in [1.807, 2.05) is 37.3 Å². The van der Waals surface area contributed by atoms with Gasteiger partial charge in [-0.25, -0.2) is 0 Å². The predicted molar refractivity (Wildman–Crippen MR) is 114 cm³/mol. The number of carbonyl (C=O) groups excluding carboxylic acids is 2. The van der Waals surface area contributed by atoms with Gasteiger partial charge in [-0.15, -0.1) is 11.3 Å². The van der Waals surface area contributed by atoms with Crippen LogP contribution >= 0.6 is 11.3 Å². The molecule has 0 bridgehead atoms. The number of thiophene rings is 1. The zero-order valence-electron chi connectivity index (χ0n) is 16.0. The number of amides is 2. The standard InChI is InChI=1S/C23H24N2O2S/c1-23(13-7-15-25(23)21(26)17-8-3-2-4-9-17)22(27)24-14-12-18-16-28-20-11-6-5-10-19(18)20/h2-6,8-11,16H,7,12-15H2,1H3,(H,24,27). The number of benzene rings is 2. The second kappa shape index (κ2) is 7.76. The first-order chi connectivity index (χ1) is 13.6. The molecule has 1 N–H and O–H groups in total. The monoisotopic (exact) mass is 392 g/mol. The molecule has 4 nitrogen and oxygen atoms in total. The Morgan fingerprint density at radius 3 is 2.68 bits per heavy atom. The Balaban J connectivity index is 1.42. The molecule has 1 unspecified atom stereocenters. The number of carbonyl (C=O) groups is 2. The van der Waals surface area contributed by atoms with Gasteiger partial charge in [0.15, 0.2) is 0 Å². The third-order valence-corrected chi connectivity index (χ3v) is 6.65. The van der Waals surface area contributed by atoms with Crippen molar-refractivity contribution in [1.29, 1.82) is 0 Å². The van der Waals surface area contributed by atoms with Gasteiger partial charge in [-0.1, -0.05) is 36.4 Å². The number of fused-ring (bicyclic) bond motifs is 1. The van der Waals surface area contributed by atoms with Gasteiger partial charge in [0.05, 0.1) is 0 Å². The fraction of sp³-hybridized carbons (Fsp3) is 0.304. The normalized spacial score (nSPS) is 19.1. The lowest BCUT2D eigenvalue weighted by molar-refractivity contribution is -0.129. The van der Waals surface area contributed by atoms with Crippen LogP contribution in [0, 0.1) is 0 Å². The minimum Gasteiger partial charge on any atom is -0.354 e. The highest BCUT2D eigenvalue weighted by Crippen LogP contribution is 2.31. The van der Waals surface area contributed by atoms with Gasteiger partial charge in [0, 0.05) is 23.4 Å². The second-order valence-electron chi connectivity index (χ2n) is 7.46. The topological polar surface area (TPSA) is 49.4 Å².